The van der Waals surface area contributed by atoms with Crippen LogP contribution in [0.15, 0.2) is 57.7 Å². The predicted octanol–water partition coefficient (Wildman–Crippen LogP) is 3.76. The fourth-order valence-electron chi connectivity index (χ4n) is 4.14. The molecular weight excluding hydrogens is 392 g/mol. The van der Waals surface area contributed by atoms with E-state index in [1.54, 1.807) is 30.0 Å². The van der Waals surface area contributed by atoms with Crippen LogP contribution >= 0.6 is 0 Å². The second-order valence-electron chi connectivity index (χ2n) is 8.11. The zero-order chi connectivity index (χ0) is 22.0. The minimum Gasteiger partial charge on any atom is -0.455 e. The Bertz CT molecular complexity index is 1180. The molecule has 2 amide bonds. The van der Waals surface area contributed by atoms with Gasteiger partial charge in [0, 0.05) is 37.7 Å². The Morgan fingerprint density at radius 2 is 1.77 bits per heavy atom. The van der Waals surface area contributed by atoms with Crippen LogP contribution in [0.1, 0.15) is 35.7 Å². The van der Waals surface area contributed by atoms with Crippen molar-refractivity contribution >= 4 is 22.8 Å². The Morgan fingerprint density at radius 1 is 1.06 bits per heavy atom. The van der Waals surface area contributed by atoms with Crippen LogP contribution in [0.25, 0.3) is 22.3 Å². The molecule has 2 heterocycles. The lowest BCUT2D eigenvalue weighted by Gasteiger charge is -2.32. The number of fused-ring (bicyclic) bond motifs is 1. The van der Waals surface area contributed by atoms with Gasteiger partial charge in [0.05, 0.1) is 10.9 Å². The highest BCUT2D eigenvalue weighted by Gasteiger charge is 2.26. The summed E-state index contributed by atoms with van der Waals surface area (Å²) in [5.41, 5.74) is 1.96. The SMILES string of the molecule is CC(=O)NCC1CCN(C(=O)c2cccc3c(=O)c(C)c(-c4ccccc4)oc23)CC1. The monoisotopic (exact) mass is 418 g/mol. The van der Waals surface area contributed by atoms with Crippen LogP contribution in [0.4, 0.5) is 0 Å². The molecule has 0 atom stereocenters. The van der Waals surface area contributed by atoms with E-state index >= 15 is 0 Å². The van der Waals surface area contributed by atoms with Gasteiger partial charge in [-0.2, -0.15) is 0 Å². The summed E-state index contributed by atoms with van der Waals surface area (Å²) >= 11 is 0. The average molecular weight is 418 g/mol. The quantitative estimate of drug-likeness (QED) is 0.700. The van der Waals surface area contributed by atoms with Gasteiger partial charge in [-0.05, 0) is 37.8 Å². The fraction of sp³-hybridized carbons (Fsp3) is 0.320. The minimum absolute atomic E-state index is 0.0335. The molecule has 31 heavy (non-hydrogen) atoms. The Labute approximate surface area is 180 Å². The number of likely N-dealkylation sites (tertiary alicyclic amines) is 1. The topological polar surface area (TPSA) is 79.6 Å². The van der Waals surface area contributed by atoms with Crippen LogP contribution in [0.5, 0.6) is 0 Å². The number of amides is 2. The van der Waals surface area contributed by atoms with Crippen molar-refractivity contribution in [1.82, 2.24) is 10.2 Å². The molecule has 0 unspecified atom stereocenters. The van der Waals surface area contributed by atoms with Crippen LogP contribution in [0.3, 0.4) is 0 Å². The molecule has 0 spiro atoms. The highest BCUT2D eigenvalue weighted by molar-refractivity contribution is 6.05. The third-order valence-electron chi connectivity index (χ3n) is 5.95. The van der Waals surface area contributed by atoms with E-state index in [-0.39, 0.29) is 17.2 Å². The maximum atomic E-state index is 13.3. The standard InChI is InChI=1S/C25H26N2O4/c1-16-22(29)20-9-6-10-21(24(20)31-23(16)19-7-4-3-5-8-19)25(30)27-13-11-18(12-14-27)15-26-17(2)28/h3-10,18H,11-15H2,1-2H3,(H,26,28). The van der Waals surface area contributed by atoms with Crippen molar-refractivity contribution < 1.29 is 14.0 Å². The van der Waals surface area contributed by atoms with Gasteiger partial charge in [-0.25, -0.2) is 0 Å². The van der Waals surface area contributed by atoms with Crippen LogP contribution in [0, 0.1) is 12.8 Å². The van der Waals surface area contributed by atoms with Gasteiger partial charge < -0.3 is 14.6 Å². The normalized spacial score (nSPS) is 14.6. The van der Waals surface area contributed by atoms with Crippen molar-refractivity contribution in [2.24, 2.45) is 5.92 Å². The maximum absolute atomic E-state index is 13.3. The second kappa shape index (κ2) is 8.76. The summed E-state index contributed by atoms with van der Waals surface area (Å²) in [5, 5.41) is 3.28. The molecule has 2 aromatic carbocycles. The Balaban J connectivity index is 1.65. The maximum Gasteiger partial charge on any atom is 0.257 e. The van der Waals surface area contributed by atoms with E-state index in [0.717, 1.165) is 18.4 Å². The van der Waals surface area contributed by atoms with Gasteiger partial charge in [0.15, 0.2) is 11.0 Å². The summed E-state index contributed by atoms with van der Waals surface area (Å²) in [7, 11) is 0. The number of piperidine rings is 1. The van der Waals surface area contributed by atoms with Gasteiger partial charge in [0.25, 0.3) is 5.91 Å². The number of carbonyl (C=O) groups excluding carboxylic acids is 2. The molecule has 160 valence electrons. The molecule has 0 aliphatic carbocycles. The summed E-state index contributed by atoms with van der Waals surface area (Å²) in [6, 6.07) is 14.6. The molecule has 0 radical (unpaired) electrons. The first-order valence-corrected chi connectivity index (χ1v) is 10.6. The third-order valence-corrected chi connectivity index (χ3v) is 5.95. The summed E-state index contributed by atoms with van der Waals surface area (Å²) in [5.74, 6) is 0.696. The summed E-state index contributed by atoms with van der Waals surface area (Å²) in [6.45, 7) is 5.13. The van der Waals surface area contributed by atoms with Crippen molar-refractivity contribution in [1.29, 1.82) is 0 Å². The van der Waals surface area contributed by atoms with Gasteiger partial charge in [-0.1, -0.05) is 36.4 Å². The smallest absolute Gasteiger partial charge is 0.257 e. The number of carbonyl (C=O) groups is 2. The van der Waals surface area contributed by atoms with E-state index in [9.17, 15) is 14.4 Å². The number of nitrogens with zero attached hydrogens (tertiary/aromatic N) is 1. The van der Waals surface area contributed by atoms with Crippen molar-refractivity contribution in [2.45, 2.75) is 26.7 Å². The number of nitrogens with one attached hydrogen (secondary N) is 1. The molecule has 0 bridgehead atoms. The fourth-order valence-corrected chi connectivity index (χ4v) is 4.14. The van der Waals surface area contributed by atoms with Gasteiger partial charge in [-0.15, -0.1) is 0 Å². The van der Waals surface area contributed by atoms with Crippen LogP contribution in [-0.4, -0.2) is 36.3 Å². The largest absolute Gasteiger partial charge is 0.455 e. The van der Waals surface area contributed by atoms with E-state index in [1.165, 1.54) is 6.92 Å². The lowest BCUT2D eigenvalue weighted by atomic mass is 9.96. The molecular formula is C25H26N2O4. The van der Waals surface area contributed by atoms with Gasteiger partial charge in [-0.3, -0.25) is 14.4 Å². The van der Waals surface area contributed by atoms with Crippen molar-refractivity contribution in [2.75, 3.05) is 19.6 Å². The zero-order valence-corrected chi connectivity index (χ0v) is 17.8. The number of benzene rings is 2. The second-order valence-corrected chi connectivity index (χ2v) is 8.11. The predicted molar refractivity (Wildman–Crippen MR) is 120 cm³/mol. The first-order valence-electron chi connectivity index (χ1n) is 10.6. The molecule has 6 heteroatoms. The first kappa shape index (κ1) is 20.8. The van der Waals surface area contributed by atoms with Gasteiger partial charge in [0.1, 0.15) is 5.76 Å². The zero-order valence-electron chi connectivity index (χ0n) is 17.8. The van der Waals surface area contributed by atoms with E-state index in [1.807, 2.05) is 30.3 Å². The molecule has 1 aromatic heterocycles. The first-order chi connectivity index (χ1) is 15.0. The highest BCUT2D eigenvalue weighted by atomic mass is 16.3. The molecule has 4 rings (SSSR count). The van der Waals surface area contributed by atoms with Crippen molar-refractivity contribution in [3.05, 3.63) is 69.9 Å². The van der Waals surface area contributed by atoms with Gasteiger partial charge in [0.2, 0.25) is 5.91 Å². The van der Waals surface area contributed by atoms with Gasteiger partial charge >= 0.3 is 0 Å². The molecule has 0 saturated carbocycles. The minimum atomic E-state index is -0.130. The summed E-state index contributed by atoms with van der Waals surface area (Å²) < 4.78 is 6.19. The summed E-state index contributed by atoms with van der Waals surface area (Å²) in [6.07, 6.45) is 1.66. The van der Waals surface area contributed by atoms with E-state index in [2.05, 4.69) is 5.32 Å². The Hall–Kier alpha value is -3.41. The molecule has 3 aromatic rings. The number of hydrogen-bond donors (Lipinski definition) is 1. The molecule has 1 aliphatic heterocycles. The number of hydrogen-bond acceptors (Lipinski definition) is 4. The lowest BCUT2D eigenvalue weighted by Crippen LogP contribution is -2.41. The van der Waals surface area contributed by atoms with Crippen LogP contribution < -0.4 is 10.7 Å². The Morgan fingerprint density at radius 3 is 2.45 bits per heavy atom. The number of para-hydroxylation sites is 1. The lowest BCUT2D eigenvalue weighted by molar-refractivity contribution is -0.119. The van der Waals surface area contributed by atoms with E-state index < -0.39 is 0 Å². The molecule has 1 saturated heterocycles. The summed E-state index contributed by atoms with van der Waals surface area (Å²) in [4.78, 5) is 39.3. The third kappa shape index (κ3) is 4.24. The van der Waals surface area contributed by atoms with E-state index in [4.69, 9.17) is 4.42 Å². The van der Waals surface area contributed by atoms with Crippen LogP contribution in [-0.2, 0) is 4.79 Å². The molecule has 1 N–H and O–H groups in total. The molecule has 6 nitrogen and oxygen atoms in total. The van der Waals surface area contributed by atoms with Crippen molar-refractivity contribution in [3.63, 3.8) is 0 Å². The number of rotatable bonds is 4. The van der Waals surface area contributed by atoms with Crippen molar-refractivity contribution in [3.8, 4) is 11.3 Å². The Kier molecular flexibility index (Phi) is 5.89. The van der Waals surface area contributed by atoms with E-state index in [0.29, 0.717) is 53.4 Å². The average Bonchev–Trinajstić information content (AvgIpc) is 2.80. The van der Waals surface area contributed by atoms with Crippen LogP contribution in [0.2, 0.25) is 0 Å². The molecule has 1 fully saturated rings. The highest BCUT2D eigenvalue weighted by Crippen LogP contribution is 2.28. The molecule has 1 aliphatic rings.